The summed E-state index contributed by atoms with van der Waals surface area (Å²) < 4.78 is 0. The van der Waals surface area contributed by atoms with Crippen LogP contribution >= 0.6 is 0 Å². The lowest BCUT2D eigenvalue weighted by Gasteiger charge is -2.22. The number of hydrogen-bond donors (Lipinski definition) is 2. The minimum atomic E-state index is -1.02. The van der Waals surface area contributed by atoms with Crippen molar-refractivity contribution in [3.63, 3.8) is 0 Å². The van der Waals surface area contributed by atoms with E-state index in [1.54, 1.807) is 0 Å². The molecule has 19 heavy (non-hydrogen) atoms. The van der Waals surface area contributed by atoms with Crippen LogP contribution in [-0.2, 0) is 4.79 Å². The highest BCUT2D eigenvalue weighted by Gasteiger charge is 2.25. The first-order chi connectivity index (χ1) is 9.09. The van der Waals surface area contributed by atoms with Gasteiger partial charge in [-0.25, -0.2) is 0 Å². The average molecular weight is 265 g/mol. The van der Waals surface area contributed by atoms with Crippen molar-refractivity contribution < 1.29 is 14.7 Å². The van der Waals surface area contributed by atoms with Gasteiger partial charge in [-0.05, 0) is 12.8 Å². The molecule has 0 bridgehead atoms. The maximum absolute atomic E-state index is 12.2. The monoisotopic (exact) mass is 265 g/mol. The molecule has 2 rings (SSSR count). The number of carboxylic acid groups (broad SMARTS) is 1. The Hall–Kier alpha value is -1.85. The van der Waals surface area contributed by atoms with Crippen LogP contribution in [0, 0.1) is 0 Å². The number of aromatic amines is 1. The predicted octanol–water partition coefficient (Wildman–Crippen LogP) is 1.61. The van der Waals surface area contributed by atoms with Crippen LogP contribution in [0.4, 0.5) is 0 Å². The predicted molar refractivity (Wildman–Crippen MR) is 69.0 cm³/mol. The van der Waals surface area contributed by atoms with Crippen molar-refractivity contribution in [1.29, 1.82) is 0 Å². The molecule has 0 radical (unpaired) electrons. The van der Waals surface area contributed by atoms with Crippen molar-refractivity contribution in [3.8, 4) is 0 Å². The summed E-state index contributed by atoms with van der Waals surface area (Å²) in [5.41, 5.74) is 1.37. The second kappa shape index (κ2) is 5.86. The first-order valence-corrected chi connectivity index (χ1v) is 6.60. The fourth-order valence-electron chi connectivity index (χ4n) is 2.65. The Bertz CT molecular complexity index is 463. The van der Waals surface area contributed by atoms with Crippen LogP contribution < -0.4 is 0 Å². The summed E-state index contributed by atoms with van der Waals surface area (Å²) >= 11 is 0. The molecule has 0 spiro atoms. The van der Waals surface area contributed by atoms with E-state index in [0.29, 0.717) is 11.5 Å². The van der Waals surface area contributed by atoms with Gasteiger partial charge in [0.05, 0.1) is 17.5 Å². The molecular weight excluding hydrogens is 246 g/mol. The first kappa shape index (κ1) is 13.6. The van der Waals surface area contributed by atoms with Gasteiger partial charge in [-0.2, -0.15) is 5.10 Å². The van der Waals surface area contributed by atoms with E-state index in [1.165, 1.54) is 37.4 Å². The lowest BCUT2D eigenvalue weighted by Crippen LogP contribution is -2.32. The van der Waals surface area contributed by atoms with Crippen LogP contribution in [0.2, 0.25) is 0 Å². The molecule has 104 valence electrons. The van der Waals surface area contributed by atoms with Crippen molar-refractivity contribution in [2.45, 2.75) is 38.0 Å². The third-order valence-electron chi connectivity index (χ3n) is 3.63. The smallest absolute Gasteiger partial charge is 0.323 e. The second-order valence-corrected chi connectivity index (χ2v) is 5.09. The van der Waals surface area contributed by atoms with Crippen LogP contribution in [0.1, 0.15) is 54.1 Å². The van der Waals surface area contributed by atoms with Crippen molar-refractivity contribution >= 4 is 11.9 Å². The number of carbonyl (C=O) groups is 2. The normalized spacial score (nSPS) is 16.3. The van der Waals surface area contributed by atoms with Crippen molar-refractivity contribution in [3.05, 3.63) is 17.5 Å². The number of amides is 1. The van der Waals surface area contributed by atoms with Gasteiger partial charge in [-0.1, -0.05) is 19.3 Å². The Labute approximate surface area is 111 Å². The summed E-state index contributed by atoms with van der Waals surface area (Å²) in [4.78, 5) is 24.1. The number of nitrogens with zero attached hydrogens (tertiary/aromatic N) is 2. The molecule has 1 amide bonds. The zero-order valence-corrected chi connectivity index (χ0v) is 11.1. The van der Waals surface area contributed by atoms with Gasteiger partial charge in [-0.15, -0.1) is 0 Å². The largest absolute Gasteiger partial charge is 0.480 e. The van der Waals surface area contributed by atoms with Crippen LogP contribution in [-0.4, -0.2) is 45.7 Å². The van der Waals surface area contributed by atoms with E-state index >= 15 is 0 Å². The maximum Gasteiger partial charge on any atom is 0.323 e. The van der Waals surface area contributed by atoms with Crippen LogP contribution in [0.3, 0.4) is 0 Å². The summed E-state index contributed by atoms with van der Waals surface area (Å²) in [6.45, 7) is -0.298. The molecule has 0 aliphatic heterocycles. The number of hydrogen-bond acceptors (Lipinski definition) is 3. The van der Waals surface area contributed by atoms with E-state index < -0.39 is 5.97 Å². The number of nitrogens with one attached hydrogen (secondary N) is 1. The summed E-state index contributed by atoms with van der Waals surface area (Å²) in [5.74, 6) is -0.955. The quantitative estimate of drug-likeness (QED) is 0.866. The highest BCUT2D eigenvalue weighted by Crippen LogP contribution is 2.33. The maximum atomic E-state index is 12.2. The van der Waals surface area contributed by atoms with Gasteiger partial charge in [0.1, 0.15) is 6.54 Å². The molecule has 1 saturated carbocycles. The number of aromatic nitrogens is 2. The first-order valence-electron chi connectivity index (χ1n) is 6.60. The molecule has 0 unspecified atom stereocenters. The zero-order valence-electron chi connectivity index (χ0n) is 11.1. The number of rotatable bonds is 4. The number of carbonyl (C=O) groups excluding carboxylic acids is 1. The topological polar surface area (TPSA) is 86.3 Å². The fraction of sp³-hybridized carbons (Fsp3) is 0.615. The molecule has 2 N–H and O–H groups in total. The SMILES string of the molecule is CN(CC(=O)O)C(=O)c1cn[nH]c1C1CCCCC1. The molecular formula is C13H19N3O3. The summed E-state index contributed by atoms with van der Waals surface area (Å²) in [5, 5.41) is 15.6. The number of likely N-dealkylation sites (N-methyl/N-ethyl adjacent to an activating group) is 1. The average Bonchev–Trinajstić information content (AvgIpc) is 2.87. The zero-order chi connectivity index (χ0) is 13.8. The highest BCUT2D eigenvalue weighted by molar-refractivity contribution is 5.96. The summed E-state index contributed by atoms with van der Waals surface area (Å²) in [6, 6.07) is 0. The van der Waals surface area contributed by atoms with Gasteiger partial charge in [-0.3, -0.25) is 14.7 Å². The van der Waals surface area contributed by atoms with Gasteiger partial charge in [0.15, 0.2) is 0 Å². The molecule has 6 nitrogen and oxygen atoms in total. The number of aliphatic carboxylic acids is 1. The lowest BCUT2D eigenvalue weighted by atomic mass is 9.85. The van der Waals surface area contributed by atoms with Crippen LogP contribution in [0.5, 0.6) is 0 Å². The minimum Gasteiger partial charge on any atom is -0.480 e. The second-order valence-electron chi connectivity index (χ2n) is 5.09. The summed E-state index contributed by atoms with van der Waals surface area (Å²) in [6.07, 6.45) is 7.21. The van der Waals surface area contributed by atoms with Gasteiger partial charge in [0.2, 0.25) is 0 Å². The molecule has 0 aromatic carbocycles. The Morgan fingerprint density at radius 1 is 1.42 bits per heavy atom. The number of H-pyrrole nitrogens is 1. The molecule has 1 aromatic rings. The fourth-order valence-corrected chi connectivity index (χ4v) is 2.65. The van der Waals surface area contributed by atoms with Crippen molar-refractivity contribution in [1.82, 2.24) is 15.1 Å². The van der Waals surface area contributed by atoms with E-state index in [9.17, 15) is 9.59 Å². The van der Waals surface area contributed by atoms with Crippen molar-refractivity contribution in [2.24, 2.45) is 0 Å². The standard InChI is InChI=1S/C13H19N3O3/c1-16(8-11(17)18)13(19)10-7-14-15-12(10)9-5-3-2-4-6-9/h7,9H,2-6,8H2,1H3,(H,14,15)(H,17,18). The van der Waals surface area contributed by atoms with Gasteiger partial charge >= 0.3 is 5.97 Å². The lowest BCUT2D eigenvalue weighted by molar-refractivity contribution is -0.137. The Morgan fingerprint density at radius 3 is 2.74 bits per heavy atom. The number of carboxylic acids is 1. The molecule has 1 aliphatic carbocycles. The minimum absolute atomic E-state index is 0.281. The molecule has 0 saturated heterocycles. The third-order valence-corrected chi connectivity index (χ3v) is 3.63. The molecule has 0 atom stereocenters. The Morgan fingerprint density at radius 2 is 2.11 bits per heavy atom. The van der Waals surface area contributed by atoms with E-state index in [0.717, 1.165) is 18.5 Å². The van der Waals surface area contributed by atoms with Crippen molar-refractivity contribution in [2.75, 3.05) is 13.6 Å². The van der Waals surface area contributed by atoms with E-state index in [1.807, 2.05) is 0 Å². The van der Waals surface area contributed by atoms with Gasteiger partial charge in [0.25, 0.3) is 5.91 Å². The Kier molecular flexibility index (Phi) is 4.19. The van der Waals surface area contributed by atoms with E-state index in [2.05, 4.69) is 10.2 Å². The molecule has 1 aromatic heterocycles. The molecule has 6 heteroatoms. The highest BCUT2D eigenvalue weighted by atomic mass is 16.4. The van der Waals surface area contributed by atoms with Crippen LogP contribution in [0.25, 0.3) is 0 Å². The molecule has 1 aliphatic rings. The van der Waals surface area contributed by atoms with Gasteiger partial charge < -0.3 is 10.0 Å². The third kappa shape index (κ3) is 3.13. The summed E-state index contributed by atoms with van der Waals surface area (Å²) in [7, 11) is 1.49. The van der Waals surface area contributed by atoms with E-state index in [-0.39, 0.29) is 12.5 Å². The van der Waals surface area contributed by atoms with Gasteiger partial charge in [0, 0.05) is 13.0 Å². The Balaban J connectivity index is 2.14. The molecule has 1 heterocycles. The van der Waals surface area contributed by atoms with E-state index in [4.69, 9.17) is 5.11 Å². The molecule has 1 fully saturated rings. The van der Waals surface area contributed by atoms with Crippen LogP contribution in [0.15, 0.2) is 6.20 Å².